The van der Waals surface area contributed by atoms with Gasteiger partial charge in [-0.25, -0.2) is 0 Å². The number of fused-ring (bicyclic) bond motifs is 1. The van der Waals surface area contributed by atoms with Crippen LogP contribution in [0.3, 0.4) is 0 Å². The number of methoxy groups -OCH3 is 1. The molecule has 1 aromatic heterocycles. The van der Waals surface area contributed by atoms with Gasteiger partial charge in [-0.05, 0) is 44.0 Å². The fourth-order valence-electron chi connectivity index (χ4n) is 4.29. The summed E-state index contributed by atoms with van der Waals surface area (Å²) >= 11 is 0. The number of carbonyl (C=O) groups is 3. The van der Waals surface area contributed by atoms with Crippen molar-refractivity contribution in [2.24, 2.45) is 0 Å². The Morgan fingerprint density at radius 3 is 2.39 bits per heavy atom. The molecule has 2 N–H and O–H groups in total. The first-order valence-corrected chi connectivity index (χ1v) is 12.4. The maximum atomic E-state index is 13.2. The molecular weight excluding hydrogens is 486 g/mol. The lowest BCUT2D eigenvalue weighted by atomic mass is 9.95. The number of hydrogen-bond donors (Lipinski definition) is 2. The maximum Gasteiger partial charge on any atom is 0.272 e. The Kier molecular flexibility index (Phi) is 7.70. The highest BCUT2D eigenvalue weighted by atomic mass is 16.5. The molecule has 2 aromatic carbocycles. The second kappa shape index (κ2) is 11.0. The van der Waals surface area contributed by atoms with Crippen LogP contribution in [0.5, 0.6) is 11.5 Å². The summed E-state index contributed by atoms with van der Waals surface area (Å²) in [5.74, 6) is 0.0877. The van der Waals surface area contributed by atoms with E-state index < -0.39 is 11.4 Å². The number of benzene rings is 2. The first-order chi connectivity index (χ1) is 18.2. The number of aryl methyl sites for hydroxylation is 1. The van der Waals surface area contributed by atoms with Gasteiger partial charge in [0, 0.05) is 26.2 Å². The number of amides is 3. The van der Waals surface area contributed by atoms with Crippen molar-refractivity contribution in [2.75, 3.05) is 20.8 Å². The van der Waals surface area contributed by atoms with Crippen molar-refractivity contribution in [1.82, 2.24) is 25.3 Å². The van der Waals surface area contributed by atoms with Gasteiger partial charge >= 0.3 is 0 Å². The molecule has 3 aromatic rings. The van der Waals surface area contributed by atoms with E-state index in [-0.39, 0.29) is 36.3 Å². The van der Waals surface area contributed by atoms with E-state index in [2.05, 4.69) is 15.7 Å². The molecule has 38 heavy (non-hydrogen) atoms. The lowest BCUT2D eigenvalue weighted by Gasteiger charge is -2.40. The van der Waals surface area contributed by atoms with Gasteiger partial charge in [-0.1, -0.05) is 35.9 Å². The highest BCUT2D eigenvalue weighted by Gasteiger charge is 2.46. The molecule has 3 amide bonds. The van der Waals surface area contributed by atoms with E-state index >= 15 is 0 Å². The molecule has 0 radical (unpaired) electrons. The van der Waals surface area contributed by atoms with Crippen LogP contribution in [0.15, 0.2) is 48.5 Å². The van der Waals surface area contributed by atoms with Crippen molar-refractivity contribution in [3.8, 4) is 11.5 Å². The van der Waals surface area contributed by atoms with Crippen LogP contribution < -0.4 is 20.1 Å². The summed E-state index contributed by atoms with van der Waals surface area (Å²) in [6.45, 7) is 6.75. The SMILES string of the molecule is CCOc1cc(CNC(=O)c2cc3n(n2)CC(C)(C(=O)NCc2ccc(C)cc2)N(C)C3=O)ccc1OC. The lowest BCUT2D eigenvalue weighted by molar-refractivity contribution is -0.132. The summed E-state index contributed by atoms with van der Waals surface area (Å²) in [5, 5.41) is 10.1. The van der Waals surface area contributed by atoms with Crippen LogP contribution in [-0.2, 0) is 24.4 Å². The molecule has 2 heterocycles. The van der Waals surface area contributed by atoms with Gasteiger partial charge < -0.3 is 25.0 Å². The zero-order valence-electron chi connectivity index (χ0n) is 22.3. The number of rotatable bonds is 9. The molecule has 1 aliphatic heterocycles. The Labute approximate surface area is 221 Å². The van der Waals surface area contributed by atoms with Crippen molar-refractivity contribution in [2.45, 2.75) is 45.9 Å². The summed E-state index contributed by atoms with van der Waals surface area (Å²) in [6, 6.07) is 14.7. The fourth-order valence-corrected chi connectivity index (χ4v) is 4.29. The minimum atomic E-state index is -1.17. The van der Waals surface area contributed by atoms with Crippen LogP contribution in [-0.4, -0.2) is 58.7 Å². The topological polar surface area (TPSA) is 115 Å². The second-order valence-corrected chi connectivity index (χ2v) is 9.48. The Balaban J connectivity index is 1.45. The van der Waals surface area contributed by atoms with E-state index in [4.69, 9.17) is 9.47 Å². The van der Waals surface area contributed by atoms with Crippen molar-refractivity contribution in [1.29, 1.82) is 0 Å². The molecular formula is C28H33N5O5. The Bertz CT molecular complexity index is 1350. The second-order valence-electron chi connectivity index (χ2n) is 9.48. The zero-order chi connectivity index (χ0) is 27.4. The largest absolute Gasteiger partial charge is 0.493 e. The third-order valence-corrected chi connectivity index (χ3v) is 6.78. The normalized spacial score (nSPS) is 16.6. The molecule has 0 fully saturated rings. The van der Waals surface area contributed by atoms with Crippen LogP contribution in [0.4, 0.5) is 0 Å². The smallest absolute Gasteiger partial charge is 0.272 e. The average Bonchev–Trinajstić information content (AvgIpc) is 3.34. The molecule has 1 atom stereocenters. The van der Waals surface area contributed by atoms with Gasteiger partial charge in [-0.3, -0.25) is 19.1 Å². The summed E-state index contributed by atoms with van der Waals surface area (Å²) in [5.41, 5.74) is 2.10. The molecule has 4 rings (SSSR count). The lowest BCUT2D eigenvalue weighted by Crippen LogP contribution is -2.62. The first kappa shape index (κ1) is 26.7. The van der Waals surface area contributed by atoms with E-state index in [9.17, 15) is 14.4 Å². The fraction of sp³-hybridized carbons (Fsp3) is 0.357. The van der Waals surface area contributed by atoms with Gasteiger partial charge in [-0.15, -0.1) is 0 Å². The Hall–Kier alpha value is -4.34. The minimum absolute atomic E-state index is 0.101. The maximum absolute atomic E-state index is 13.2. The quantitative estimate of drug-likeness (QED) is 0.449. The van der Waals surface area contributed by atoms with Gasteiger partial charge in [0.2, 0.25) is 5.91 Å². The zero-order valence-corrected chi connectivity index (χ0v) is 22.3. The van der Waals surface area contributed by atoms with Crippen molar-refractivity contribution < 1.29 is 23.9 Å². The molecule has 10 nitrogen and oxygen atoms in total. The van der Waals surface area contributed by atoms with Crippen molar-refractivity contribution >= 4 is 17.7 Å². The molecule has 10 heteroatoms. The summed E-state index contributed by atoms with van der Waals surface area (Å²) in [7, 11) is 3.15. The van der Waals surface area contributed by atoms with Crippen LogP contribution in [0.1, 0.15) is 51.5 Å². The van der Waals surface area contributed by atoms with Gasteiger partial charge in [0.15, 0.2) is 17.2 Å². The average molecular weight is 520 g/mol. The molecule has 1 unspecified atom stereocenters. The van der Waals surface area contributed by atoms with Gasteiger partial charge in [-0.2, -0.15) is 5.10 Å². The van der Waals surface area contributed by atoms with Gasteiger partial charge in [0.25, 0.3) is 11.8 Å². The molecule has 0 saturated carbocycles. The molecule has 0 spiro atoms. The summed E-state index contributed by atoms with van der Waals surface area (Å²) in [6.07, 6.45) is 0. The highest BCUT2D eigenvalue weighted by Crippen LogP contribution is 2.28. The molecule has 0 aliphatic carbocycles. The number of nitrogens with zero attached hydrogens (tertiary/aromatic N) is 3. The predicted octanol–water partition coefficient (Wildman–Crippen LogP) is 2.69. The van der Waals surface area contributed by atoms with E-state index in [0.29, 0.717) is 24.7 Å². The Morgan fingerprint density at radius 2 is 1.71 bits per heavy atom. The molecule has 200 valence electrons. The van der Waals surface area contributed by atoms with Crippen LogP contribution in [0.25, 0.3) is 0 Å². The summed E-state index contributed by atoms with van der Waals surface area (Å²) < 4.78 is 12.3. The van der Waals surface area contributed by atoms with E-state index in [1.165, 1.54) is 15.6 Å². The Morgan fingerprint density at radius 1 is 1.03 bits per heavy atom. The molecule has 0 bridgehead atoms. The summed E-state index contributed by atoms with van der Waals surface area (Å²) in [4.78, 5) is 40.6. The number of aromatic nitrogens is 2. The molecule has 1 aliphatic rings. The predicted molar refractivity (Wildman–Crippen MR) is 141 cm³/mol. The van der Waals surface area contributed by atoms with E-state index in [0.717, 1.165) is 16.7 Å². The van der Waals surface area contributed by atoms with Gasteiger partial charge in [0.1, 0.15) is 11.2 Å². The van der Waals surface area contributed by atoms with Crippen LogP contribution >= 0.6 is 0 Å². The first-order valence-electron chi connectivity index (χ1n) is 12.4. The number of likely N-dealkylation sites (N-methyl/N-ethyl adjacent to an activating group) is 1. The van der Waals surface area contributed by atoms with Gasteiger partial charge in [0.05, 0.1) is 20.3 Å². The van der Waals surface area contributed by atoms with E-state index in [1.807, 2.05) is 44.2 Å². The van der Waals surface area contributed by atoms with Crippen molar-refractivity contribution in [3.63, 3.8) is 0 Å². The third kappa shape index (κ3) is 5.34. The van der Waals surface area contributed by atoms with E-state index in [1.54, 1.807) is 33.2 Å². The number of hydrogen-bond acceptors (Lipinski definition) is 6. The van der Waals surface area contributed by atoms with Crippen molar-refractivity contribution in [3.05, 3.63) is 76.6 Å². The third-order valence-electron chi connectivity index (χ3n) is 6.78. The number of nitrogens with one attached hydrogen (secondary N) is 2. The monoisotopic (exact) mass is 519 g/mol. The highest BCUT2D eigenvalue weighted by molar-refractivity contribution is 6.01. The minimum Gasteiger partial charge on any atom is -0.493 e. The molecule has 0 saturated heterocycles. The number of ether oxygens (including phenoxy) is 2. The standard InChI is InChI=1S/C28H33N5O5/c1-6-38-24-13-20(11-12-23(24)37-5)16-29-25(34)21-14-22-26(35)32(4)28(3,17-33(22)31-21)27(36)30-15-19-9-7-18(2)8-10-19/h7-14H,6,15-17H2,1-5H3,(H,29,34)(H,30,36). The van der Waals surface area contributed by atoms with Crippen LogP contribution in [0, 0.1) is 6.92 Å². The number of carbonyl (C=O) groups excluding carboxylic acids is 3. The van der Waals surface area contributed by atoms with Crippen LogP contribution in [0.2, 0.25) is 0 Å².